The van der Waals surface area contributed by atoms with Gasteiger partial charge in [-0.25, -0.2) is 4.98 Å². The van der Waals surface area contributed by atoms with Gasteiger partial charge < -0.3 is 10.5 Å². The van der Waals surface area contributed by atoms with Gasteiger partial charge >= 0.3 is 0 Å². The predicted molar refractivity (Wildman–Crippen MR) is 64.1 cm³/mol. The van der Waals surface area contributed by atoms with Gasteiger partial charge in [-0.2, -0.15) is 0 Å². The molecule has 90 valence electrons. The van der Waals surface area contributed by atoms with Crippen LogP contribution in [0.1, 0.15) is 12.1 Å². The van der Waals surface area contributed by atoms with Crippen LogP contribution >= 0.6 is 11.3 Å². The van der Waals surface area contributed by atoms with E-state index in [0.717, 1.165) is 10.7 Å². The molecule has 1 aliphatic heterocycles. The van der Waals surface area contributed by atoms with Gasteiger partial charge in [0.25, 0.3) is 0 Å². The molecule has 0 spiro atoms. The molecule has 3 rings (SSSR count). The van der Waals surface area contributed by atoms with E-state index < -0.39 is 5.54 Å². The number of ketones is 1. The SMILES string of the molecule is NC1(C(=O)Cc2cn3ccsc3n2)CCOC1. The maximum absolute atomic E-state index is 12.1. The minimum Gasteiger partial charge on any atom is -0.379 e. The van der Waals surface area contributed by atoms with Gasteiger partial charge in [-0.15, -0.1) is 11.3 Å². The number of Topliss-reactive ketones (excluding diaryl/α,β-unsaturated/α-hetero) is 1. The lowest BCUT2D eigenvalue weighted by atomic mass is 9.92. The number of aromatic nitrogens is 2. The zero-order valence-corrected chi connectivity index (χ0v) is 10.1. The molecule has 2 N–H and O–H groups in total. The van der Waals surface area contributed by atoms with Crippen molar-refractivity contribution >= 4 is 22.1 Å². The Labute approximate surface area is 102 Å². The molecular weight excluding hydrogens is 238 g/mol. The number of hydrogen-bond donors (Lipinski definition) is 1. The summed E-state index contributed by atoms with van der Waals surface area (Å²) in [5.41, 5.74) is 5.98. The van der Waals surface area contributed by atoms with Gasteiger partial charge in [-0.3, -0.25) is 9.20 Å². The molecule has 2 aromatic rings. The molecular formula is C11H13N3O2S. The van der Waals surface area contributed by atoms with Crippen molar-refractivity contribution in [2.75, 3.05) is 13.2 Å². The van der Waals surface area contributed by atoms with Crippen molar-refractivity contribution in [3.8, 4) is 0 Å². The minimum absolute atomic E-state index is 0.0146. The van der Waals surface area contributed by atoms with Crippen LogP contribution in [0.5, 0.6) is 0 Å². The Morgan fingerprint density at radius 1 is 1.71 bits per heavy atom. The van der Waals surface area contributed by atoms with Crippen molar-refractivity contribution in [2.45, 2.75) is 18.4 Å². The number of carbonyl (C=O) groups excluding carboxylic acids is 1. The highest BCUT2D eigenvalue weighted by Gasteiger charge is 2.37. The highest BCUT2D eigenvalue weighted by Crippen LogP contribution is 2.19. The van der Waals surface area contributed by atoms with Crippen LogP contribution < -0.4 is 5.73 Å². The second-order valence-corrected chi connectivity index (χ2v) is 5.26. The van der Waals surface area contributed by atoms with Gasteiger partial charge in [0.15, 0.2) is 10.7 Å². The lowest BCUT2D eigenvalue weighted by Gasteiger charge is -2.18. The molecule has 1 aliphatic rings. The van der Waals surface area contributed by atoms with Crippen molar-refractivity contribution < 1.29 is 9.53 Å². The molecule has 5 nitrogen and oxygen atoms in total. The Balaban J connectivity index is 1.78. The molecule has 1 fully saturated rings. The quantitative estimate of drug-likeness (QED) is 0.868. The summed E-state index contributed by atoms with van der Waals surface area (Å²) in [6.45, 7) is 0.897. The van der Waals surface area contributed by atoms with Crippen LogP contribution in [0.15, 0.2) is 17.8 Å². The third kappa shape index (κ3) is 1.88. The maximum atomic E-state index is 12.1. The molecule has 17 heavy (non-hydrogen) atoms. The molecule has 2 aromatic heterocycles. The molecule has 0 bridgehead atoms. The molecule has 0 radical (unpaired) electrons. The third-order valence-corrected chi connectivity index (χ3v) is 3.86. The van der Waals surface area contributed by atoms with E-state index in [2.05, 4.69) is 4.98 Å². The third-order valence-electron chi connectivity index (χ3n) is 3.09. The molecule has 0 aromatic carbocycles. The summed E-state index contributed by atoms with van der Waals surface area (Å²) in [5, 5.41) is 1.96. The number of fused-ring (bicyclic) bond motifs is 1. The number of thiazole rings is 1. The average molecular weight is 251 g/mol. The summed E-state index contributed by atoms with van der Waals surface area (Å²) < 4.78 is 7.11. The number of imidazole rings is 1. The van der Waals surface area contributed by atoms with Crippen LogP contribution in [0, 0.1) is 0 Å². The van der Waals surface area contributed by atoms with Gasteiger partial charge in [0.2, 0.25) is 0 Å². The van der Waals surface area contributed by atoms with Crippen LogP contribution in [0.4, 0.5) is 0 Å². The monoisotopic (exact) mass is 251 g/mol. The molecule has 1 saturated heterocycles. The molecule has 6 heteroatoms. The standard InChI is InChI=1S/C11H13N3O2S/c12-11(1-3-16-7-11)9(15)5-8-6-14-2-4-17-10(14)13-8/h2,4,6H,1,3,5,7,12H2. The van der Waals surface area contributed by atoms with Crippen molar-refractivity contribution in [3.05, 3.63) is 23.5 Å². The van der Waals surface area contributed by atoms with Crippen LogP contribution in [-0.2, 0) is 16.0 Å². The smallest absolute Gasteiger partial charge is 0.193 e. The molecule has 0 saturated carbocycles. The molecule has 1 unspecified atom stereocenters. The van der Waals surface area contributed by atoms with E-state index in [1.807, 2.05) is 22.2 Å². The normalized spacial score (nSPS) is 24.5. The topological polar surface area (TPSA) is 69.6 Å². The van der Waals surface area contributed by atoms with Crippen molar-refractivity contribution in [3.63, 3.8) is 0 Å². The fourth-order valence-electron chi connectivity index (χ4n) is 2.00. The van der Waals surface area contributed by atoms with E-state index in [0.29, 0.717) is 19.6 Å². The van der Waals surface area contributed by atoms with Gasteiger partial charge in [-0.1, -0.05) is 0 Å². The number of nitrogens with zero attached hydrogens (tertiary/aromatic N) is 2. The first-order valence-electron chi connectivity index (χ1n) is 5.48. The van der Waals surface area contributed by atoms with Crippen molar-refractivity contribution in [1.29, 1.82) is 0 Å². The highest BCUT2D eigenvalue weighted by atomic mass is 32.1. The van der Waals surface area contributed by atoms with E-state index in [9.17, 15) is 4.79 Å². The van der Waals surface area contributed by atoms with Crippen LogP contribution in [0.3, 0.4) is 0 Å². The van der Waals surface area contributed by atoms with Gasteiger partial charge in [0.05, 0.1) is 18.7 Å². The Morgan fingerprint density at radius 3 is 3.29 bits per heavy atom. The summed E-state index contributed by atoms with van der Waals surface area (Å²) in [6, 6.07) is 0. The van der Waals surface area contributed by atoms with E-state index in [-0.39, 0.29) is 12.2 Å². The van der Waals surface area contributed by atoms with Gasteiger partial charge in [0.1, 0.15) is 5.54 Å². The summed E-state index contributed by atoms with van der Waals surface area (Å²) in [4.78, 5) is 17.4. The summed E-state index contributed by atoms with van der Waals surface area (Å²) in [7, 11) is 0. The number of hydrogen-bond acceptors (Lipinski definition) is 5. The highest BCUT2D eigenvalue weighted by molar-refractivity contribution is 7.15. The first-order valence-corrected chi connectivity index (χ1v) is 6.36. The van der Waals surface area contributed by atoms with E-state index in [4.69, 9.17) is 10.5 Å². The fraction of sp³-hybridized carbons (Fsp3) is 0.455. The lowest BCUT2D eigenvalue weighted by Crippen LogP contribution is -2.49. The molecule has 0 aliphatic carbocycles. The van der Waals surface area contributed by atoms with Crippen molar-refractivity contribution in [1.82, 2.24) is 9.38 Å². The van der Waals surface area contributed by atoms with E-state index >= 15 is 0 Å². The molecule has 0 amide bonds. The number of nitrogens with two attached hydrogens (primary N) is 1. The Bertz CT molecular complexity index is 525. The van der Waals surface area contributed by atoms with Crippen LogP contribution in [-0.4, -0.2) is 33.9 Å². The number of carbonyl (C=O) groups is 1. The average Bonchev–Trinajstić information content (AvgIpc) is 2.93. The fourth-order valence-corrected chi connectivity index (χ4v) is 2.72. The van der Waals surface area contributed by atoms with Crippen molar-refractivity contribution in [2.24, 2.45) is 5.73 Å². The van der Waals surface area contributed by atoms with Crippen LogP contribution in [0.25, 0.3) is 4.96 Å². The van der Waals surface area contributed by atoms with E-state index in [1.165, 1.54) is 0 Å². The Kier molecular flexibility index (Phi) is 2.50. The Hall–Kier alpha value is -1.24. The number of rotatable bonds is 3. The minimum atomic E-state index is -0.808. The summed E-state index contributed by atoms with van der Waals surface area (Å²) in [6.07, 6.45) is 4.70. The Morgan fingerprint density at radius 2 is 2.59 bits per heavy atom. The largest absolute Gasteiger partial charge is 0.379 e. The summed E-state index contributed by atoms with van der Waals surface area (Å²) in [5.74, 6) is 0.0146. The van der Waals surface area contributed by atoms with Gasteiger partial charge in [-0.05, 0) is 6.42 Å². The summed E-state index contributed by atoms with van der Waals surface area (Å²) >= 11 is 1.55. The second kappa shape index (κ2) is 3.90. The maximum Gasteiger partial charge on any atom is 0.193 e. The molecule has 1 atom stereocenters. The number of ether oxygens (including phenoxy) is 1. The zero-order chi connectivity index (χ0) is 11.9. The second-order valence-electron chi connectivity index (χ2n) is 4.38. The lowest BCUT2D eigenvalue weighted by molar-refractivity contribution is -0.123. The van der Waals surface area contributed by atoms with Crippen LogP contribution in [0.2, 0.25) is 0 Å². The zero-order valence-electron chi connectivity index (χ0n) is 9.26. The first kappa shape index (κ1) is 10.9. The first-order chi connectivity index (χ1) is 8.17. The van der Waals surface area contributed by atoms with E-state index in [1.54, 1.807) is 11.3 Å². The van der Waals surface area contributed by atoms with Gasteiger partial charge in [0, 0.05) is 24.4 Å². The molecule has 3 heterocycles. The predicted octanol–water partition coefficient (Wildman–Crippen LogP) is 0.625.